The lowest BCUT2D eigenvalue weighted by atomic mass is 9.97. The number of anilines is 1. The van der Waals surface area contributed by atoms with Crippen molar-refractivity contribution in [2.24, 2.45) is 0 Å². The Morgan fingerprint density at radius 1 is 1.42 bits per heavy atom. The number of aromatic nitrogens is 4. The summed E-state index contributed by atoms with van der Waals surface area (Å²) >= 11 is 0. The van der Waals surface area contributed by atoms with Crippen molar-refractivity contribution in [2.75, 3.05) is 31.5 Å². The summed E-state index contributed by atoms with van der Waals surface area (Å²) in [6, 6.07) is 3.42. The topological polar surface area (TPSA) is 117 Å². The second-order valence-corrected chi connectivity index (χ2v) is 6.49. The van der Waals surface area contributed by atoms with Crippen molar-refractivity contribution in [2.45, 2.75) is 32.2 Å². The van der Waals surface area contributed by atoms with Gasteiger partial charge in [-0.05, 0) is 32.4 Å². The standard InChI is InChI=1S/C17H25N7O2/c1-12-9-15(25)22-17(21-12)20-7-6-19-16(26)11-24-8-4-14(23-24)13-3-2-5-18-10-13/h4,8-9,13,18H,2-3,5-7,10-11H2,1H3,(H,19,26)(H2,20,21,22,25). The van der Waals surface area contributed by atoms with Gasteiger partial charge in [0.05, 0.1) is 5.69 Å². The lowest BCUT2D eigenvalue weighted by Crippen LogP contribution is -2.32. The fourth-order valence-corrected chi connectivity index (χ4v) is 3.04. The SMILES string of the molecule is Cc1cc(=O)[nH]c(NCCNC(=O)Cn2ccc(C3CCCNC3)n2)n1. The second-order valence-electron chi connectivity index (χ2n) is 6.49. The number of amides is 1. The molecule has 1 amide bonds. The van der Waals surface area contributed by atoms with Crippen molar-refractivity contribution in [1.82, 2.24) is 30.4 Å². The Hall–Kier alpha value is -2.68. The monoisotopic (exact) mass is 359 g/mol. The van der Waals surface area contributed by atoms with Crippen LogP contribution >= 0.6 is 0 Å². The summed E-state index contributed by atoms with van der Waals surface area (Å²) in [5.74, 6) is 0.734. The van der Waals surface area contributed by atoms with Gasteiger partial charge in [-0.1, -0.05) is 0 Å². The third kappa shape index (κ3) is 5.16. The van der Waals surface area contributed by atoms with Crippen LogP contribution in [-0.4, -0.2) is 51.8 Å². The maximum Gasteiger partial charge on any atom is 0.252 e. The number of hydrogen-bond donors (Lipinski definition) is 4. The van der Waals surface area contributed by atoms with Gasteiger partial charge in [0.2, 0.25) is 11.9 Å². The van der Waals surface area contributed by atoms with Crippen LogP contribution in [0, 0.1) is 6.92 Å². The first kappa shape index (κ1) is 18.1. The van der Waals surface area contributed by atoms with E-state index in [2.05, 4.69) is 31.0 Å². The Morgan fingerprint density at radius 3 is 3.08 bits per heavy atom. The van der Waals surface area contributed by atoms with Gasteiger partial charge in [-0.15, -0.1) is 0 Å². The Bertz CT molecular complexity index is 792. The number of aryl methyl sites for hydroxylation is 1. The predicted molar refractivity (Wildman–Crippen MR) is 98.2 cm³/mol. The number of carbonyl (C=O) groups is 1. The molecule has 0 bridgehead atoms. The third-order valence-corrected chi connectivity index (χ3v) is 4.29. The van der Waals surface area contributed by atoms with Crippen molar-refractivity contribution in [3.63, 3.8) is 0 Å². The fraction of sp³-hybridized carbons (Fsp3) is 0.529. The molecule has 9 nitrogen and oxygen atoms in total. The maximum atomic E-state index is 12.0. The van der Waals surface area contributed by atoms with Crippen LogP contribution in [0.25, 0.3) is 0 Å². The van der Waals surface area contributed by atoms with Crippen LogP contribution in [0.5, 0.6) is 0 Å². The van der Waals surface area contributed by atoms with E-state index >= 15 is 0 Å². The number of aromatic amines is 1. The average molecular weight is 359 g/mol. The summed E-state index contributed by atoms with van der Waals surface area (Å²) in [4.78, 5) is 30.2. The molecule has 0 radical (unpaired) electrons. The molecule has 1 saturated heterocycles. The van der Waals surface area contributed by atoms with E-state index in [0.717, 1.165) is 31.6 Å². The Balaban J connectivity index is 1.40. The molecule has 1 atom stereocenters. The molecule has 3 rings (SSSR count). The minimum Gasteiger partial charge on any atom is -0.354 e. The number of rotatable bonds is 7. The molecule has 9 heteroatoms. The van der Waals surface area contributed by atoms with Crippen molar-refractivity contribution in [1.29, 1.82) is 0 Å². The molecule has 1 unspecified atom stereocenters. The van der Waals surface area contributed by atoms with Crippen LogP contribution in [0.4, 0.5) is 5.95 Å². The van der Waals surface area contributed by atoms with Gasteiger partial charge >= 0.3 is 0 Å². The van der Waals surface area contributed by atoms with E-state index in [9.17, 15) is 9.59 Å². The number of H-pyrrole nitrogens is 1. The van der Waals surface area contributed by atoms with Gasteiger partial charge in [0, 0.05) is 43.5 Å². The van der Waals surface area contributed by atoms with E-state index in [-0.39, 0.29) is 18.0 Å². The summed E-state index contributed by atoms with van der Waals surface area (Å²) in [6.07, 6.45) is 4.15. The van der Waals surface area contributed by atoms with Gasteiger partial charge in [0.15, 0.2) is 0 Å². The van der Waals surface area contributed by atoms with Gasteiger partial charge < -0.3 is 16.0 Å². The van der Waals surface area contributed by atoms with E-state index in [1.54, 1.807) is 11.6 Å². The van der Waals surface area contributed by atoms with Crippen LogP contribution in [-0.2, 0) is 11.3 Å². The smallest absolute Gasteiger partial charge is 0.252 e. The summed E-state index contributed by atoms with van der Waals surface area (Å²) in [7, 11) is 0. The largest absolute Gasteiger partial charge is 0.354 e. The zero-order chi connectivity index (χ0) is 18.4. The molecule has 26 heavy (non-hydrogen) atoms. The molecule has 0 spiro atoms. The fourth-order valence-electron chi connectivity index (χ4n) is 3.04. The lowest BCUT2D eigenvalue weighted by Gasteiger charge is -2.20. The molecule has 1 aliphatic heterocycles. The molecule has 2 aromatic rings. The number of hydrogen-bond acceptors (Lipinski definition) is 6. The highest BCUT2D eigenvalue weighted by Crippen LogP contribution is 2.21. The first-order chi connectivity index (χ1) is 12.6. The lowest BCUT2D eigenvalue weighted by molar-refractivity contribution is -0.121. The zero-order valence-electron chi connectivity index (χ0n) is 14.9. The Morgan fingerprint density at radius 2 is 2.31 bits per heavy atom. The molecule has 1 fully saturated rings. The van der Waals surface area contributed by atoms with Crippen molar-refractivity contribution >= 4 is 11.9 Å². The second kappa shape index (κ2) is 8.61. The Labute approximate surface area is 151 Å². The quantitative estimate of drug-likeness (QED) is 0.516. The van der Waals surface area contributed by atoms with Gasteiger partial charge in [-0.25, -0.2) is 4.98 Å². The molecule has 0 saturated carbocycles. The van der Waals surface area contributed by atoms with Gasteiger partial charge in [0.1, 0.15) is 6.54 Å². The molecule has 4 N–H and O–H groups in total. The Kier molecular flexibility index (Phi) is 6.00. The van der Waals surface area contributed by atoms with Crippen LogP contribution in [0.3, 0.4) is 0 Å². The number of nitrogens with one attached hydrogen (secondary N) is 4. The van der Waals surface area contributed by atoms with E-state index in [4.69, 9.17) is 0 Å². The molecular formula is C17H25N7O2. The predicted octanol–water partition coefficient (Wildman–Crippen LogP) is -0.0299. The highest BCUT2D eigenvalue weighted by molar-refractivity contribution is 5.75. The van der Waals surface area contributed by atoms with Crippen LogP contribution in [0.15, 0.2) is 23.1 Å². The summed E-state index contributed by atoms with van der Waals surface area (Å²) in [5.41, 5.74) is 1.48. The van der Waals surface area contributed by atoms with Crippen molar-refractivity contribution in [3.05, 3.63) is 40.1 Å². The zero-order valence-corrected chi connectivity index (χ0v) is 14.9. The highest BCUT2D eigenvalue weighted by Gasteiger charge is 2.17. The molecule has 1 aliphatic rings. The summed E-state index contributed by atoms with van der Waals surface area (Å²) < 4.78 is 1.67. The van der Waals surface area contributed by atoms with E-state index in [1.165, 1.54) is 6.07 Å². The van der Waals surface area contributed by atoms with E-state index < -0.39 is 0 Å². The average Bonchev–Trinajstić information content (AvgIpc) is 3.07. The first-order valence-corrected chi connectivity index (χ1v) is 8.93. The summed E-state index contributed by atoms with van der Waals surface area (Å²) in [6.45, 7) is 4.86. The van der Waals surface area contributed by atoms with Crippen LogP contribution in [0.2, 0.25) is 0 Å². The van der Waals surface area contributed by atoms with Gasteiger partial charge in [-0.3, -0.25) is 19.3 Å². The van der Waals surface area contributed by atoms with Gasteiger partial charge in [-0.2, -0.15) is 5.10 Å². The molecular weight excluding hydrogens is 334 g/mol. The molecule has 0 aromatic carbocycles. The third-order valence-electron chi connectivity index (χ3n) is 4.29. The minimum absolute atomic E-state index is 0.103. The number of nitrogens with zero attached hydrogens (tertiary/aromatic N) is 3. The van der Waals surface area contributed by atoms with Crippen LogP contribution in [0.1, 0.15) is 30.1 Å². The van der Waals surface area contributed by atoms with E-state index in [0.29, 0.717) is 30.6 Å². The first-order valence-electron chi connectivity index (χ1n) is 8.93. The number of piperidine rings is 1. The van der Waals surface area contributed by atoms with Gasteiger partial charge in [0.25, 0.3) is 5.56 Å². The van der Waals surface area contributed by atoms with Crippen molar-refractivity contribution < 1.29 is 4.79 Å². The molecule has 140 valence electrons. The van der Waals surface area contributed by atoms with E-state index in [1.807, 2.05) is 12.3 Å². The minimum atomic E-state index is -0.202. The normalized spacial score (nSPS) is 17.0. The number of carbonyl (C=O) groups excluding carboxylic acids is 1. The molecule has 0 aliphatic carbocycles. The summed E-state index contributed by atoms with van der Waals surface area (Å²) in [5, 5.41) is 13.7. The highest BCUT2D eigenvalue weighted by atomic mass is 16.2. The van der Waals surface area contributed by atoms with Crippen molar-refractivity contribution in [3.8, 4) is 0 Å². The molecule has 3 heterocycles. The van der Waals surface area contributed by atoms with Crippen LogP contribution < -0.4 is 21.5 Å². The maximum absolute atomic E-state index is 12.0. The molecule has 2 aromatic heterocycles.